The zero-order valence-corrected chi connectivity index (χ0v) is 26.2. The molecule has 0 aliphatic heterocycles. The molecule has 0 saturated heterocycles. The van der Waals surface area contributed by atoms with Gasteiger partial charge in [-0.3, -0.25) is 9.59 Å². The molecule has 0 aromatic heterocycles. The van der Waals surface area contributed by atoms with Crippen molar-refractivity contribution in [1.82, 2.24) is 0 Å². The molecule has 0 radical (unpaired) electrons. The summed E-state index contributed by atoms with van der Waals surface area (Å²) >= 11 is 0. The number of halogens is 8. The molecule has 18 heteroatoms. The predicted octanol–water partition coefficient (Wildman–Crippen LogP) is 7.05. The van der Waals surface area contributed by atoms with Gasteiger partial charge in [-0.2, -0.15) is 35.1 Å². The van der Waals surface area contributed by atoms with E-state index >= 15 is 0 Å². The third kappa shape index (κ3) is 9.42. The number of benzene rings is 3. The second-order valence-electron chi connectivity index (χ2n) is 9.23. The molecule has 0 saturated carbocycles. The summed E-state index contributed by atoms with van der Waals surface area (Å²) in [5, 5.41) is -6.96. The van der Waals surface area contributed by atoms with Crippen molar-refractivity contribution in [3.05, 3.63) is 78.9 Å². The smallest absolute Gasteiger partial charge is 0.426 e. The summed E-state index contributed by atoms with van der Waals surface area (Å²) in [6.45, 7) is 2.68. The topological polar surface area (TPSA) is 119 Å². The fourth-order valence-electron chi connectivity index (χ4n) is 3.43. The van der Waals surface area contributed by atoms with Crippen molar-refractivity contribution in [3.8, 4) is 11.5 Å². The Balaban J connectivity index is 0.000000345. The lowest BCUT2D eigenvalue weighted by atomic mass is 10.1. The molecule has 258 valence electrons. The molecule has 0 fully saturated rings. The van der Waals surface area contributed by atoms with E-state index in [-0.39, 0.29) is 29.3 Å². The summed E-state index contributed by atoms with van der Waals surface area (Å²) in [6, 6.07) is 25.2. The monoisotopic (exact) mass is 718 g/mol. The van der Waals surface area contributed by atoms with E-state index < -0.39 is 39.9 Å². The van der Waals surface area contributed by atoms with E-state index in [4.69, 9.17) is 9.47 Å². The van der Waals surface area contributed by atoms with Crippen LogP contribution >= 0.6 is 0 Å². The molecule has 0 aliphatic carbocycles. The molecule has 3 aromatic carbocycles. The second-order valence-corrected chi connectivity index (χ2v) is 12.7. The molecule has 0 aliphatic rings. The molecular formula is C29H26F8O8S2. The Bertz CT molecular complexity index is 1540. The van der Waals surface area contributed by atoms with Crippen molar-refractivity contribution in [3.63, 3.8) is 0 Å². The third-order valence-electron chi connectivity index (χ3n) is 5.55. The minimum absolute atomic E-state index is 0.338. The Labute approximate surface area is 266 Å². The third-order valence-corrected chi connectivity index (χ3v) is 8.66. The van der Waals surface area contributed by atoms with E-state index in [1.54, 1.807) is 24.3 Å². The molecule has 0 bridgehead atoms. The molecule has 0 heterocycles. The maximum absolute atomic E-state index is 12.8. The number of hydrogen-bond acceptors (Lipinski definition) is 8. The summed E-state index contributed by atoms with van der Waals surface area (Å²) in [5.41, 5.74) is 0. The van der Waals surface area contributed by atoms with Crippen LogP contribution in [0.4, 0.5) is 35.1 Å². The fourth-order valence-corrected chi connectivity index (χ4v) is 5.93. The van der Waals surface area contributed by atoms with Crippen LogP contribution in [-0.4, -0.2) is 54.7 Å². The summed E-state index contributed by atoms with van der Waals surface area (Å²) in [6.07, 6.45) is -6.46. The van der Waals surface area contributed by atoms with Gasteiger partial charge in [0.15, 0.2) is 24.8 Å². The molecule has 0 amide bonds. The largest absolute Gasteiger partial charge is 0.743 e. The van der Waals surface area contributed by atoms with Gasteiger partial charge in [0.25, 0.3) is 0 Å². The lowest BCUT2D eigenvalue weighted by Gasteiger charge is -2.36. The van der Waals surface area contributed by atoms with Crippen molar-refractivity contribution in [2.75, 3.05) is 6.61 Å². The van der Waals surface area contributed by atoms with E-state index in [0.717, 1.165) is 21.6 Å². The van der Waals surface area contributed by atoms with Crippen LogP contribution in [0.3, 0.4) is 0 Å². The number of ether oxygens (including phenoxy) is 3. The van der Waals surface area contributed by atoms with Gasteiger partial charge in [-0.05, 0) is 67.1 Å². The van der Waals surface area contributed by atoms with Crippen LogP contribution in [0.25, 0.3) is 0 Å². The van der Waals surface area contributed by atoms with Crippen LogP contribution < -0.4 is 9.47 Å². The normalized spacial score (nSPS) is 12.6. The number of esters is 2. The molecule has 0 unspecified atom stereocenters. The van der Waals surface area contributed by atoms with Gasteiger partial charge >= 0.3 is 35.1 Å². The van der Waals surface area contributed by atoms with Crippen LogP contribution in [-0.2, 0) is 35.3 Å². The van der Waals surface area contributed by atoms with E-state index in [0.29, 0.717) is 11.5 Å². The van der Waals surface area contributed by atoms with Crippen molar-refractivity contribution in [1.29, 1.82) is 0 Å². The molecular weight excluding hydrogens is 692 g/mol. The first-order valence-corrected chi connectivity index (χ1v) is 15.7. The van der Waals surface area contributed by atoms with Gasteiger partial charge in [0, 0.05) is 13.8 Å². The lowest BCUT2D eigenvalue weighted by Crippen LogP contribution is -2.65. The van der Waals surface area contributed by atoms with Gasteiger partial charge in [0.1, 0.15) is 11.5 Å². The summed E-state index contributed by atoms with van der Waals surface area (Å²) in [7, 11) is -7.66. The van der Waals surface area contributed by atoms with Crippen molar-refractivity contribution >= 4 is 33.0 Å². The zero-order valence-electron chi connectivity index (χ0n) is 24.5. The maximum atomic E-state index is 12.8. The van der Waals surface area contributed by atoms with Gasteiger partial charge in [0.05, 0.1) is 17.5 Å². The first kappa shape index (κ1) is 39.4. The molecule has 3 aromatic rings. The van der Waals surface area contributed by atoms with Crippen LogP contribution in [0, 0.1) is 0 Å². The van der Waals surface area contributed by atoms with Crippen molar-refractivity contribution < 1.29 is 71.9 Å². The number of alkyl halides is 8. The zero-order chi connectivity index (χ0) is 35.8. The Morgan fingerprint density at radius 3 is 1.40 bits per heavy atom. The van der Waals surface area contributed by atoms with E-state index in [1.807, 2.05) is 42.5 Å². The SMILES string of the molecule is CC(=O)Oc1ccc([S+](c2ccccc2)c2ccc(OC(C)=O)cc2)cc1.CCCOC(F)(F)C(F)(F)C(F)(F)C(F)(F)S(=O)(=O)[O-]. The Hall–Kier alpha value is -3.74. The van der Waals surface area contributed by atoms with Gasteiger partial charge in [-0.15, -0.1) is 0 Å². The highest BCUT2D eigenvalue weighted by atomic mass is 32.2. The Kier molecular flexibility index (Phi) is 13.0. The standard InChI is InChI=1S/C22H19O4S.C7H8F8O4S/c1-16(23)25-18-8-12-21(13-9-18)27(20-6-4-3-5-7-20)22-14-10-19(11-15-22)26-17(2)24;1-2-3-19-6(12,13)4(8,9)5(10,11)7(14,15)20(16,17)18/h3-15H,1-2H3;2-3H2,1H3,(H,16,17,18)/q+1;/p-1. The molecule has 8 nitrogen and oxygen atoms in total. The van der Waals surface area contributed by atoms with Crippen LogP contribution in [0.5, 0.6) is 11.5 Å². The highest BCUT2D eigenvalue weighted by molar-refractivity contribution is 7.97. The van der Waals surface area contributed by atoms with E-state index in [1.165, 1.54) is 13.8 Å². The fraction of sp³-hybridized carbons (Fsp3) is 0.310. The van der Waals surface area contributed by atoms with E-state index in [2.05, 4.69) is 16.9 Å². The second kappa shape index (κ2) is 15.4. The average Bonchev–Trinajstić information content (AvgIpc) is 2.97. The molecule has 0 spiro atoms. The minimum Gasteiger partial charge on any atom is -0.743 e. The number of rotatable bonds is 12. The molecule has 47 heavy (non-hydrogen) atoms. The van der Waals surface area contributed by atoms with Crippen LogP contribution in [0.15, 0.2) is 93.5 Å². The van der Waals surface area contributed by atoms with Gasteiger partial charge in [-0.1, -0.05) is 25.1 Å². The van der Waals surface area contributed by atoms with Crippen molar-refractivity contribution in [2.24, 2.45) is 0 Å². The quantitative estimate of drug-likeness (QED) is 0.0643. The first-order chi connectivity index (χ1) is 21.6. The average molecular weight is 719 g/mol. The van der Waals surface area contributed by atoms with Gasteiger partial charge in [-0.25, -0.2) is 8.42 Å². The summed E-state index contributed by atoms with van der Waals surface area (Å²) in [4.78, 5) is 25.6. The summed E-state index contributed by atoms with van der Waals surface area (Å²) < 4.78 is 145. The number of carbonyl (C=O) groups is 2. The highest BCUT2D eigenvalue weighted by Crippen LogP contribution is 2.54. The van der Waals surface area contributed by atoms with Gasteiger partial charge < -0.3 is 18.8 Å². The number of carbonyl (C=O) groups excluding carboxylic acids is 2. The maximum Gasteiger partial charge on any atom is 0.426 e. The number of hydrogen-bond donors (Lipinski definition) is 0. The van der Waals surface area contributed by atoms with Gasteiger partial charge in [0.2, 0.25) is 0 Å². The lowest BCUT2D eigenvalue weighted by molar-refractivity contribution is -0.417. The highest BCUT2D eigenvalue weighted by Gasteiger charge is 2.83. The first-order valence-electron chi connectivity index (χ1n) is 13.1. The molecule has 0 N–H and O–H groups in total. The molecule has 0 atom stereocenters. The summed E-state index contributed by atoms with van der Waals surface area (Å²) in [5.74, 6) is -13.8. The van der Waals surface area contributed by atoms with Crippen LogP contribution in [0.2, 0.25) is 0 Å². The minimum atomic E-state index is -7.33. The Morgan fingerprint density at radius 2 is 1.06 bits per heavy atom. The Morgan fingerprint density at radius 1 is 0.681 bits per heavy atom. The van der Waals surface area contributed by atoms with E-state index in [9.17, 15) is 57.7 Å². The van der Waals surface area contributed by atoms with Crippen molar-refractivity contribution in [2.45, 2.75) is 65.1 Å². The predicted molar refractivity (Wildman–Crippen MR) is 150 cm³/mol. The van der Waals surface area contributed by atoms with Crippen LogP contribution in [0.1, 0.15) is 27.2 Å². The molecule has 3 rings (SSSR count).